The fourth-order valence-electron chi connectivity index (χ4n) is 2.67. The van der Waals surface area contributed by atoms with E-state index in [-0.39, 0.29) is 21.1 Å². The highest BCUT2D eigenvalue weighted by atomic mass is 32.2. The van der Waals surface area contributed by atoms with Gasteiger partial charge in [0.25, 0.3) is 10.0 Å². The average Bonchev–Trinajstić information content (AvgIpc) is 3.05. The van der Waals surface area contributed by atoms with Gasteiger partial charge in [0, 0.05) is 5.69 Å². The monoisotopic (exact) mass is 425 g/mol. The molecular formula is C19H27N3O4S2. The smallest absolute Gasteiger partial charge is 0.333 e. The molecule has 28 heavy (non-hydrogen) atoms. The van der Waals surface area contributed by atoms with E-state index in [0.717, 1.165) is 28.7 Å². The van der Waals surface area contributed by atoms with Crippen molar-refractivity contribution >= 4 is 33.1 Å². The van der Waals surface area contributed by atoms with Gasteiger partial charge in [-0.05, 0) is 36.8 Å². The maximum Gasteiger partial charge on any atom is 0.333 e. The van der Waals surface area contributed by atoms with Crippen molar-refractivity contribution in [1.82, 2.24) is 9.71 Å². The lowest BCUT2D eigenvalue weighted by Gasteiger charge is -2.20. The summed E-state index contributed by atoms with van der Waals surface area (Å²) >= 11 is 0.820. The molecule has 2 aromatic rings. The van der Waals surface area contributed by atoms with Crippen molar-refractivity contribution in [3.63, 3.8) is 0 Å². The van der Waals surface area contributed by atoms with Crippen LogP contribution in [0.15, 0.2) is 28.6 Å². The van der Waals surface area contributed by atoms with E-state index in [4.69, 9.17) is 0 Å². The van der Waals surface area contributed by atoms with Crippen LogP contribution in [0.25, 0.3) is 0 Å². The number of rotatable bonds is 6. The van der Waals surface area contributed by atoms with E-state index in [1.165, 1.54) is 13.8 Å². The first-order valence-electron chi connectivity index (χ1n) is 8.98. The summed E-state index contributed by atoms with van der Waals surface area (Å²) < 4.78 is 26.9. The minimum atomic E-state index is -4.10. The Morgan fingerprint density at radius 1 is 1.14 bits per heavy atom. The minimum absolute atomic E-state index is 0.138. The molecule has 0 aliphatic rings. The van der Waals surface area contributed by atoms with Gasteiger partial charge in [-0.15, -0.1) is 11.3 Å². The molecule has 1 aromatic carbocycles. The highest BCUT2D eigenvalue weighted by molar-refractivity contribution is 7.92. The number of carbonyl (C=O) groups is 1. The standard InChI is InChI=1S/C19H27N3O4S2/c1-11(2)13-8-7-9-14(12(3)4)16(13)21-18(23)22-28(25,26)15-10-20-17(27-15)19(5,6)24/h7-12,24H,1-6H3,(H2,21,22,23). The van der Waals surface area contributed by atoms with E-state index >= 15 is 0 Å². The largest absolute Gasteiger partial charge is 0.383 e. The average molecular weight is 426 g/mol. The number of nitrogens with one attached hydrogen (secondary N) is 2. The summed E-state index contributed by atoms with van der Waals surface area (Å²) in [7, 11) is -4.10. The molecule has 0 unspecified atom stereocenters. The van der Waals surface area contributed by atoms with Crippen molar-refractivity contribution < 1.29 is 18.3 Å². The zero-order valence-corrected chi connectivity index (χ0v) is 18.5. The predicted molar refractivity (Wildman–Crippen MR) is 111 cm³/mol. The molecule has 0 saturated heterocycles. The van der Waals surface area contributed by atoms with Gasteiger partial charge in [-0.1, -0.05) is 45.9 Å². The topological polar surface area (TPSA) is 108 Å². The number of benzene rings is 1. The second-order valence-electron chi connectivity index (χ2n) is 7.72. The Hall–Kier alpha value is -1.97. The molecule has 2 amide bonds. The summed E-state index contributed by atoms with van der Waals surface area (Å²) in [4.78, 5) is 16.4. The van der Waals surface area contributed by atoms with Gasteiger partial charge in [0.2, 0.25) is 0 Å². The SMILES string of the molecule is CC(C)c1cccc(C(C)C)c1NC(=O)NS(=O)(=O)c1cnc(C(C)(C)O)s1. The van der Waals surface area contributed by atoms with Gasteiger partial charge in [0.15, 0.2) is 4.21 Å². The molecule has 0 radical (unpaired) electrons. The van der Waals surface area contributed by atoms with Crippen LogP contribution in [0.2, 0.25) is 0 Å². The molecule has 0 saturated carbocycles. The van der Waals surface area contributed by atoms with Gasteiger partial charge < -0.3 is 10.4 Å². The van der Waals surface area contributed by atoms with Crippen molar-refractivity contribution in [2.45, 2.75) is 63.2 Å². The van der Waals surface area contributed by atoms with Gasteiger partial charge in [0.1, 0.15) is 10.6 Å². The molecule has 0 bridgehead atoms. The van der Waals surface area contributed by atoms with E-state index in [1.807, 2.05) is 50.6 Å². The zero-order chi connectivity index (χ0) is 21.3. The van der Waals surface area contributed by atoms with Crippen LogP contribution < -0.4 is 10.0 Å². The van der Waals surface area contributed by atoms with Crippen LogP contribution in [-0.4, -0.2) is 24.5 Å². The van der Waals surface area contributed by atoms with Crippen LogP contribution in [-0.2, 0) is 15.6 Å². The van der Waals surface area contributed by atoms with Crippen molar-refractivity contribution in [3.05, 3.63) is 40.5 Å². The molecule has 0 aliphatic carbocycles. The number of hydrogen-bond donors (Lipinski definition) is 3. The number of para-hydroxylation sites is 1. The van der Waals surface area contributed by atoms with Gasteiger partial charge in [-0.3, -0.25) is 0 Å². The first-order valence-corrected chi connectivity index (χ1v) is 11.3. The molecule has 0 spiro atoms. The van der Waals surface area contributed by atoms with Gasteiger partial charge >= 0.3 is 6.03 Å². The Morgan fingerprint density at radius 3 is 2.11 bits per heavy atom. The first kappa shape index (κ1) is 22.3. The molecule has 154 valence electrons. The summed E-state index contributed by atoms with van der Waals surface area (Å²) in [6.07, 6.45) is 1.13. The number of aliphatic hydroxyl groups is 1. The number of urea groups is 1. The van der Waals surface area contributed by atoms with Crippen LogP contribution >= 0.6 is 11.3 Å². The lowest BCUT2D eigenvalue weighted by molar-refractivity contribution is 0.0783. The predicted octanol–water partition coefficient (Wildman–Crippen LogP) is 4.13. The van der Waals surface area contributed by atoms with Crippen molar-refractivity contribution in [2.24, 2.45) is 0 Å². The quantitative estimate of drug-likeness (QED) is 0.645. The number of hydrogen-bond acceptors (Lipinski definition) is 6. The van der Waals surface area contributed by atoms with Crippen LogP contribution in [0, 0.1) is 0 Å². The third kappa shape index (κ3) is 5.09. The van der Waals surface area contributed by atoms with Crippen LogP contribution in [0.1, 0.15) is 69.5 Å². The summed E-state index contributed by atoms with van der Waals surface area (Å²) in [5.41, 5.74) is 1.23. The number of aromatic nitrogens is 1. The molecule has 7 nitrogen and oxygen atoms in total. The second-order valence-corrected chi connectivity index (χ2v) is 10.7. The Kier molecular flexibility index (Phi) is 6.52. The molecule has 0 aliphatic heterocycles. The van der Waals surface area contributed by atoms with E-state index < -0.39 is 21.7 Å². The lowest BCUT2D eigenvalue weighted by atomic mass is 9.93. The number of amides is 2. The van der Waals surface area contributed by atoms with Gasteiger partial charge in [0.05, 0.1) is 6.20 Å². The summed E-state index contributed by atoms with van der Waals surface area (Å²) in [5.74, 6) is 0.308. The molecule has 0 atom stereocenters. The molecule has 3 N–H and O–H groups in total. The number of anilines is 1. The first-order chi connectivity index (χ1) is 12.8. The molecular weight excluding hydrogens is 398 g/mol. The van der Waals surface area contributed by atoms with E-state index in [0.29, 0.717) is 5.69 Å². The maximum atomic E-state index is 12.5. The minimum Gasteiger partial charge on any atom is -0.383 e. The van der Waals surface area contributed by atoms with Crippen molar-refractivity contribution in [2.75, 3.05) is 5.32 Å². The Balaban J connectivity index is 2.28. The third-order valence-corrected chi connectivity index (χ3v) is 7.21. The van der Waals surface area contributed by atoms with Crippen molar-refractivity contribution in [1.29, 1.82) is 0 Å². The number of sulfonamides is 1. The van der Waals surface area contributed by atoms with Gasteiger partial charge in [-0.25, -0.2) is 22.9 Å². The molecule has 2 rings (SSSR count). The van der Waals surface area contributed by atoms with Gasteiger partial charge in [-0.2, -0.15) is 0 Å². The zero-order valence-electron chi connectivity index (χ0n) is 16.9. The molecule has 9 heteroatoms. The molecule has 1 heterocycles. The Bertz CT molecular complexity index is 932. The number of thiazole rings is 1. The Morgan fingerprint density at radius 2 is 1.68 bits per heavy atom. The number of carbonyl (C=O) groups excluding carboxylic acids is 1. The lowest BCUT2D eigenvalue weighted by Crippen LogP contribution is -2.34. The van der Waals surface area contributed by atoms with E-state index in [9.17, 15) is 18.3 Å². The summed E-state index contributed by atoms with van der Waals surface area (Å²) in [6.45, 7) is 11.1. The summed E-state index contributed by atoms with van der Waals surface area (Å²) in [6, 6.07) is 4.92. The third-order valence-electron chi connectivity index (χ3n) is 4.11. The normalized spacial score (nSPS) is 12.5. The van der Waals surface area contributed by atoms with Crippen molar-refractivity contribution in [3.8, 4) is 0 Å². The van der Waals surface area contributed by atoms with Crippen LogP contribution in [0.4, 0.5) is 10.5 Å². The van der Waals surface area contributed by atoms with Crippen LogP contribution in [0.3, 0.4) is 0 Å². The van der Waals surface area contributed by atoms with E-state index in [2.05, 4.69) is 10.3 Å². The maximum absolute atomic E-state index is 12.5. The highest BCUT2D eigenvalue weighted by Crippen LogP contribution is 2.32. The highest BCUT2D eigenvalue weighted by Gasteiger charge is 2.27. The van der Waals surface area contributed by atoms with E-state index in [1.54, 1.807) is 0 Å². The summed E-state index contributed by atoms with van der Waals surface area (Å²) in [5, 5.41) is 12.9. The molecule has 1 aromatic heterocycles. The fourth-order valence-corrected chi connectivity index (χ4v) is 4.71. The second kappa shape index (κ2) is 8.18. The van der Waals surface area contributed by atoms with Crippen LogP contribution in [0.5, 0.6) is 0 Å². The Labute approximate surface area is 170 Å². The number of nitrogens with zero attached hydrogens (tertiary/aromatic N) is 1. The molecule has 0 fully saturated rings. The fraction of sp³-hybridized carbons (Fsp3) is 0.474.